The second kappa shape index (κ2) is 11.7. The summed E-state index contributed by atoms with van der Waals surface area (Å²) >= 11 is 1.11. The first-order valence-electron chi connectivity index (χ1n) is 13.4. The molecule has 0 saturated heterocycles. The van der Waals surface area contributed by atoms with Gasteiger partial charge < -0.3 is 14.9 Å². The van der Waals surface area contributed by atoms with Crippen LogP contribution in [0.4, 0.5) is 5.69 Å². The van der Waals surface area contributed by atoms with Crippen LogP contribution in [0.15, 0.2) is 81.1 Å². The number of hydrogen-bond donors (Lipinski definition) is 3. The maximum atomic E-state index is 13.2. The number of aliphatic hydroxyl groups is 1. The smallest absolute Gasteiger partial charge is 0.348 e. The molecule has 3 N–H and O–H groups in total. The van der Waals surface area contributed by atoms with Gasteiger partial charge in [0, 0.05) is 11.3 Å². The van der Waals surface area contributed by atoms with Crippen molar-refractivity contribution in [3.63, 3.8) is 0 Å². The standard InChI is InChI=1S/C32H34N2O6S2/c1-20-16-28(25(31(2,3)4)17-26(20)34-42(38,39)24-12-8-22(19-33)9-13-24)41-29-27(36)18-32(5,40-30(29)37)15-14-21-6-10-23(35)11-7-21/h6-13,16-17,34-36H,14-15,18H2,1-5H3. The van der Waals surface area contributed by atoms with E-state index >= 15 is 0 Å². The number of aromatic hydroxyl groups is 1. The number of sulfonamides is 1. The van der Waals surface area contributed by atoms with Gasteiger partial charge in [0.15, 0.2) is 0 Å². The van der Waals surface area contributed by atoms with Gasteiger partial charge in [-0.05, 0) is 97.3 Å². The molecule has 0 bridgehead atoms. The number of benzene rings is 3. The molecule has 0 aliphatic carbocycles. The van der Waals surface area contributed by atoms with Crippen LogP contribution >= 0.6 is 11.8 Å². The summed E-state index contributed by atoms with van der Waals surface area (Å²) in [5.41, 5.74) is 1.82. The van der Waals surface area contributed by atoms with Gasteiger partial charge in [-0.25, -0.2) is 13.2 Å². The van der Waals surface area contributed by atoms with Gasteiger partial charge in [-0.15, -0.1) is 0 Å². The van der Waals surface area contributed by atoms with Crippen LogP contribution in [0.5, 0.6) is 5.75 Å². The molecule has 1 heterocycles. The molecule has 0 fully saturated rings. The Bertz CT molecular complexity index is 1680. The lowest BCUT2D eigenvalue weighted by Gasteiger charge is -2.34. The molecule has 0 saturated carbocycles. The average Bonchev–Trinajstić information content (AvgIpc) is 2.91. The molecule has 3 aromatic rings. The molecule has 3 aromatic carbocycles. The Kier molecular flexibility index (Phi) is 8.67. The lowest BCUT2D eigenvalue weighted by Crippen LogP contribution is -2.37. The number of cyclic esters (lactones) is 1. The number of rotatable bonds is 8. The van der Waals surface area contributed by atoms with Gasteiger partial charge in [-0.3, -0.25) is 4.72 Å². The Labute approximate surface area is 251 Å². The number of carbonyl (C=O) groups is 1. The maximum absolute atomic E-state index is 13.2. The normalized spacial score (nSPS) is 17.5. The molecule has 1 unspecified atom stereocenters. The fourth-order valence-electron chi connectivity index (χ4n) is 4.65. The minimum Gasteiger partial charge on any atom is -0.511 e. The van der Waals surface area contributed by atoms with E-state index in [1.807, 2.05) is 39.0 Å². The predicted molar refractivity (Wildman–Crippen MR) is 163 cm³/mol. The quantitative estimate of drug-likeness (QED) is 0.236. The van der Waals surface area contributed by atoms with E-state index in [-0.39, 0.29) is 27.7 Å². The number of esters is 1. The number of phenolic OH excluding ortho intramolecular Hbond substituents is 1. The van der Waals surface area contributed by atoms with Gasteiger partial charge in [0.05, 0.1) is 22.2 Å². The summed E-state index contributed by atoms with van der Waals surface area (Å²) in [5, 5.41) is 29.5. The first-order valence-corrected chi connectivity index (χ1v) is 15.7. The molecule has 8 nitrogen and oxygen atoms in total. The molecule has 10 heteroatoms. The Balaban J connectivity index is 1.59. The van der Waals surface area contributed by atoms with E-state index in [0.717, 1.165) is 22.9 Å². The molecule has 1 atom stereocenters. The summed E-state index contributed by atoms with van der Waals surface area (Å²) in [7, 11) is -3.92. The lowest BCUT2D eigenvalue weighted by molar-refractivity contribution is -0.156. The van der Waals surface area contributed by atoms with Crippen molar-refractivity contribution in [1.82, 2.24) is 0 Å². The summed E-state index contributed by atoms with van der Waals surface area (Å²) in [6, 6.07) is 18.0. The lowest BCUT2D eigenvalue weighted by atomic mass is 9.86. The van der Waals surface area contributed by atoms with Crippen LogP contribution in [0, 0.1) is 18.3 Å². The van der Waals surface area contributed by atoms with E-state index in [2.05, 4.69) is 4.72 Å². The molecular weight excluding hydrogens is 572 g/mol. The topological polar surface area (TPSA) is 137 Å². The van der Waals surface area contributed by atoms with E-state index in [1.165, 1.54) is 24.3 Å². The van der Waals surface area contributed by atoms with Crippen LogP contribution in [0.1, 0.15) is 62.8 Å². The van der Waals surface area contributed by atoms with Gasteiger partial charge in [0.1, 0.15) is 22.0 Å². The largest absolute Gasteiger partial charge is 0.511 e. The summed E-state index contributed by atoms with van der Waals surface area (Å²) < 4.78 is 34.7. The number of nitrogens with one attached hydrogen (secondary N) is 1. The van der Waals surface area contributed by atoms with Gasteiger partial charge in [0.2, 0.25) is 0 Å². The van der Waals surface area contributed by atoms with E-state index in [1.54, 1.807) is 38.1 Å². The first kappa shape index (κ1) is 31.0. The molecule has 1 aliphatic rings. The number of carbonyl (C=O) groups excluding carboxylic acids is 1. The number of aliphatic hydroxyl groups excluding tert-OH is 1. The number of ether oxygens (including phenoxy) is 1. The third kappa shape index (κ3) is 7.09. The van der Waals surface area contributed by atoms with Crippen LogP contribution in [0.25, 0.3) is 0 Å². The zero-order chi connectivity index (χ0) is 30.9. The summed E-state index contributed by atoms with van der Waals surface area (Å²) in [6.07, 6.45) is 1.25. The number of nitriles is 1. The van der Waals surface area contributed by atoms with Gasteiger partial charge >= 0.3 is 5.97 Å². The molecule has 220 valence electrons. The molecule has 4 rings (SSSR count). The predicted octanol–water partition coefficient (Wildman–Crippen LogP) is 6.87. The summed E-state index contributed by atoms with van der Waals surface area (Å²) in [4.78, 5) is 14.0. The number of aryl methyl sites for hydroxylation is 2. The van der Waals surface area contributed by atoms with Gasteiger partial charge in [-0.2, -0.15) is 5.26 Å². The molecule has 0 radical (unpaired) electrons. The number of hydrogen-bond acceptors (Lipinski definition) is 8. The molecule has 0 amide bonds. The van der Waals surface area contributed by atoms with Crippen LogP contribution in [0.3, 0.4) is 0 Å². The third-order valence-electron chi connectivity index (χ3n) is 7.09. The zero-order valence-corrected chi connectivity index (χ0v) is 25.8. The number of nitrogens with zero attached hydrogens (tertiary/aromatic N) is 1. The number of anilines is 1. The van der Waals surface area contributed by atoms with Crippen LogP contribution in [-0.4, -0.2) is 30.2 Å². The van der Waals surface area contributed by atoms with E-state index in [9.17, 15) is 23.4 Å². The second-order valence-electron chi connectivity index (χ2n) is 11.7. The van der Waals surface area contributed by atoms with Crippen LogP contribution < -0.4 is 4.72 Å². The Morgan fingerprint density at radius 2 is 1.71 bits per heavy atom. The molecule has 1 aliphatic heterocycles. The highest BCUT2D eigenvalue weighted by Gasteiger charge is 2.39. The Hall–Kier alpha value is -3.94. The fourth-order valence-corrected chi connectivity index (χ4v) is 7.02. The Morgan fingerprint density at radius 1 is 1.07 bits per heavy atom. The highest BCUT2D eigenvalue weighted by molar-refractivity contribution is 8.04. The van der Waals surface area contributed by atoms with Crippen molar-refractivity contribution < 1.29 is 28.2 Å². The van der Waals surface area contributed by atoms with Crippen molar-refractivity contribution in [2.45, 2.75) is 74.7 Å². The van der Waals surface area contributed by atoms with Crippen molar-refractivity contribution in [2.75, 3.05) is 4.72 Å². The molecular formula is C32H34N2O6S2. The van der Waals surface area contributed by atoms with E-state index in [4.69, 9.17) is 10.00 Å². The second-order valence-corrected chi connectivity index (χ2v) is 14.5. The van der Waals surface area contributed by atoms with Crippen molar-refractivity contribution in [3.05, 3.63) is 93.6 Å². The summed E-state index contributed by atoms with van der Waals surface area (Å²) in [5.74, 6) is -0.481. The van der Waals surface area contributed by atoms with Crippen molar-refractivity contribution >= 4 is 33.4 Å². The van der Waals surface area contributed by atoms with Gasteiger partial charge in [0.25, 0.3) is 10.0 Å². The van der Waals surface area contributed by atoms with Gasteiger partial charge in [-0.1, -0.05) is 44.7 Å². The highest BCUT2D eigenvalue weighted by Crippen LogP contribution is 2.44. The fraction of sp³-hybridized carbons (Fsp3) is 0.312. The minimum atomic E-state index is -3.92. The molecule has 42 heavy (non-hydrogen) atoms. The van der Waals surface area contributed by atoms with Crippen molar-refractivity contribution in [1.29, 1.82) is 5.26 Å². The number of phenols is 1. The Morgan fingerprint density at radius 3 is 2.29 bits per heavy atom. The summed E-state index contributed by atoms with van der Waals surface area (Å²) in [6.45, 7) is 9.50. The van der Waals surface area contributed by atoms with E-state index < -0.39 is 27.0 Å². The SMILES string of the molecule is Cc1cc(SC2=C(O)CC(C)(CCc3ccc(O)cc3)OC2=O)c(C(C)(C)C)cc1NS(=O)(=O)c1ccc(C#N)cc1. The maximum Gasteiger partial charge on any atom is 0.348 e. The molecule has 0 aromatic heterocycles. The average molecular weight is 607 g/mol. The van der Waals surface area contributed by atoms with Crippen molar-refractivity contribution in [3.8, 4) is 11.8 Å². The van der Waals surface area contributed by atoms with Crippen molar-refractivity contribution in [2.24, 2.45) is 0 Å². The highest BCUT2D eigenvalue weighted by atomic mass is 32.2. The third-order valence-corrected chi connectivity index (χ3v) is 9.64. The van der Waals surface area contributed by atoms with Crippen LogP contribution in [0.2, 0.25) is 0 Å². The van der Waals surface area contributed by atoms with E-state index in [0.29, 0.717) is 34.6 Å². The number of thioether (sulfide) groups is 1. The zero-order valence-electron chi connectivity index (χ0n) is 24.2. The first-order chi connectivity index (χ1) is 19.6. The van der Waals surface area contributed by atoms with Crippen LogP contribution in [-0.2, 0) is 31.4 Å². The monoisotopic (exact) mass is 606 g/mol. The molecule has 0 spiro atoms. The minimum absolute atomic E-state index is 0.0325.